The smallest absolute Gasteiger partial charge is 0.347 e. The van der Waals surface area contributed by atoms with Gasteiger partial charge in [-0.05, 0) is 49.4 Å². The average molecular weight is 454 g/mol. The Balaban J connectivity index is 1.76. The van der Waals surface area contributed by atoms with Crippen LogP contribution in [-0.4, -0.2) is 28.9 Å². The van der Waals surface area contributed by atoms with Crippen LogP contribution in [0.4, 0.5) is 17.4 Å². The van der Waals surface area contributed by atoms with E-state index in [0.29, 0.717) is 17.1 Å². The van der Waals surface area contributed by atoms with E-state index in [9.17, 15) is 9.90 Å². The Kier molecular flexibility index (Phi) is 5.18. The summed E-state index contributed by atoms with van der Waals surface area (Å²) in [6.45, 7) is 1.86. The van der Waals surface area contributed by atoms with Crippen molar-refractivity contribution in [3.63, 3.8) is 0 Å². The number of nitrogens with one attached hydrogen (secondary N) is 1. The summed E-state index contributed by atoms with van der Waals surface area (Å²) < 4.78 is 11.8. The van der Waals surface area contributed by atoms with Crippen molar-refractivity contribution in [2.45, 2.75) is 6.92 Å². The molecule has 1 aliphatic heterocycles. The number of aromatic hydroxyl groups is 1. The summed E-state index contributed by atoms with van der Waals surface area (Å²) in [4.78, 5) is 20.9. The van der Waals surface area contributed by atoms with Crippen LogP contribution in [-0.2, 0) is 4.74 Å². The summed E-state index contributed by atoms with van der Waals surface area (Å²) in [7, 11) is 0. The molecule has 0 saturated heterocycles. The molecule has 7 nitrogen and oxygen atoms in total. The average Bonchev–Trinajstić information content (AvgIpc) is 3.25. The van der Waals surface area contributed by atoms with Crippen LogP contribution in [0, 0.1) is 0 Å². The standard InChI is InChI=1S/C21H16BrN3O4/c1-2-28-21(27)17-18(26)16(10-12-11-24-19-15(12)4-3-9-23-19)29-20(17)25-14-7-5-13(22)6-8-14/h3-11,25-26H,2H2,1H3/b12-10+. The SMILES string of the molecule is CCOC(=O)c1c(Nc2ccc(Br)cc2)oc(/C=C2\C=Nc3ncccc32)c1O. The number of furan rings is 1. The van der Waals surface area contributed by atoms with E-state index < -0.39 is 5.97 Å². The van der Waals surface area contributed by atoms with Gasteiger partial charge in [0.05, 0.1) is 6.61 Å². The molecule has 4 rings (SSSR count). The summed E-state index contributed by atoms with van der Waals surface area (Å²) in [6.07, 6.45) is 4.90. The van der Waals surface area contributed by atoms with Crippen LogP contribution in [0.1, 0.15) is 28.6 Å². The van der Waals surface area contributed by atoms with Gasteiger partial charge in [0.25, 0.3) is 0 Å². The van der Waals surface area contributed by atoms with Crippen molar-refractivity contribution in [3.8, 4) is 5.75 Å². The molecule has 0 atom stereocenters. The number of aromatic nitrogens is 1. The molecular formula is C21H16BrN3O4. The van der Waals surface area contributed by atoms with Gasteiger partial charge in [0.2, 0.25) is 5.88 Å². The highest BCUT2D eigenvalue weighted by Gasteiger charge is 2.27. The van der Waals surface area contributed by atoms with Crippen molar-refractivity contribution in [2.24, 2.45) is 4.99 Å². The van der Waals surface area contributed by atoms with Crippen molar-refractivity contribution < 1.29 is 19.1 Å². The van der Waals surface area contributed by atoms with Crippen LogP contribution in [0.5, 0.6) is 5.75 Å². The molecule has 1 aliphatic rings. The molecule has 0 radical (unpaired) electrons. The Bertz CT molecular complexity index is 1130. The highest BCUT2D eigenvalue weighted by atomic mass is 79.9. The predicted molar refractivity (Wildman–Crippen MR) is 114 cm³/mol. The van der Waals surface area contributed by atoms with Crippen LogP contribution < -0.4 is 5.32 Å². The van der Waals surface area contributed by atoms with Crippen LogP contribution in [0.15, 0.2) is 56.5 Å². The third-order valence-electron chi connectivity index (χ3n) is 4.20. The normalized spacial score (nSPS) is 13.5. The maximum atomic E-state index is 12.4. The fourth-order valence-electron chi connectivity index (χ4n) is 2.86. The second kappa shape index (κ2) is 7.92. The van der Waals surface area contributed by atoms with Crippen LogP contribution >= 0.6 is 15.9 Å². The van der Waals surface area contributed by atoms with Gasteiger partial charge in [-0.15, -0.1) is 0 Å². The molecule has 3 aromatic rings. The number of halogens is 1. The number of rotatable bonds is 5. The summed E-state index contributed by atoms with van der Waals surface area (Å²) in [6, 6.07) is 11.0. The predicted octanol–water partition coefficient (Wildman–Crippen LogP) is 5.32. The van der Waals surface area contributed by atoms with Gasteiger partial charge in [-0.25, -0.2) is 14.8 Å². The van der Waals surface area contributed by atoms with E-state index in [1.807, 2.05) is 30.3 Å². The van der Waals surface area contributed by atoms with E-state index >= 15 is 0 Å². The number of benzene rings is 1. The fourth-order valence-corrected chi connectivity index (χ4v) is 3.13. The minimum Gasteiger partial charge on any atom is -0.504 e. The number of hydrogen-bond donors (Lipinski definition) is 2. The van der Waals surface area contributed by atoms with Crippen molar-refractivity contribution in [1.29, 1.82) is 0 Å². The Labute approximate surface area is 174 Å². The number of nitrogens with zero attached hydrogens (tertiary/aromatic N) is 2. The third-order valence-corrected chi connectivity index (χ3v) is 4.73. The number of carbonyl (C=O) groups is 1. The number of carbonyl (C=O) groups excluding carboxylic acids is 1. The van der Waals surface area contributed by atoms with Crippen LogP contribution in [0.3, 0.4) is 0 Å². The molecule has 3 heterocycles. The van der Waals surface area contributed by atoms with Crippen molar-refractivity contribution >= 4 is 57.2 Å². The van der Waals surface area contributed by atoms with E-state index in [-0.39, 0.29) is 29.6 Å². The second-order valence-corrected chi connectivity index (χ2v) is 7.02. The van der Waals surface area contributed by atoms with Gasteiger partial charge < -0.3 is 19.6 Å². The first kappa shape index (κ1) is 18.9. The Hall–Kier alpha value is -3.39. The Morgan fingerprint density at radius 3 is 2.86 bits per heavy atom. The fraction of sp³-hybridized carbons (Fsp3) is 0.0952. The minimum atomic E-state index is -0.680. The van der Waals surface area contributed by atoms with Crippen molar-refractivity contribution in [2.75, 3.05) is 11.9 Å². The van der Waals surface area contributed by atoms with Crippen LogP contribution in [0.25, 0.3) is 11.6 Å². The Morgan fingerprint density at radius 1 is 1.31 bits per heavy atom. The zero-order valence-electron chi connectivity index (χ0n) is 15.3. The molecular weight excluding hydrogens is 438 g/mol. The molecule has 0 saturated carbocycles. The molecule has 0 unspecified atom stereocenters. The largest absolute Gasteiger partial charge is 0.504 e. The van der Waals surface area contributed by atoms with E-state index in [2.05, 4.69) is 31.2 Å². The molecule has 29 heavy (non-hydrogen) atoms. The number of hydrogen-bond acceptors (Lipinski definition) is 7. The van der Waals surface area contributed by atoms with Gasteiger partial charge in [0.1, 0.15) is 0 Å². The van der Waals surface area contributed by atoms with Crippen LogP contribution in [0.2, 0.25) is 0 Å². The highest BCUT2D eigenvalue weighted by Crippen LogP contribution is 2.39. The Morgan fingerprint density at radius 2 is 2.10 bits per heavy atom. The summed E-state index contributed by atoms with van der Waals surface area (Å²) in [5.41, 5.74) is 2.14. The molecule has 146 valence electrons. The lowest BCUT2D eigenvalue weighted by atomic mass is 10.1. The maximum absolute atomic E-state index is 12.4. The summed E-state index contributed by atoms with van der Waals surface area (Å²) >= 11 is 3.38. The quantitative estimate of drug-likeness (QED) is 0.507. The zero-order chi connectivity index (χ0) is 20.4. The van der Waals surface area contributed by atoms with E-state index in [1.165, 1.54) is 0 Å². The first-order valence-electron chi connectivity index (χ1n) is 8.83. The lowest BCUT2D eigenvalue weighted by Gasteiger charge is -2.06. The molecule has 0 aliphatic carbocycles. The van der Waals surface area contributed by atoms with E-state index in [1.54, 1.807) is 31.5 Å². The second-order valence-electron chi connectivity index (χ2n) is 6.10. The molecule has 0 amide bonds. The van der Waals surface area contributed by atoms with Gasteiger partial charge in [-0.3, -0.25) is 0 Å². The van der Waals surface area contributed by atoms with Gasteiger partial charge >= 0.3 is 5.97 Å². The number of ether oxygens (including phenoxy) is 1. The molecule has 0 fully saturated rings. The first-order valence-corrected chi connectivity index (χ1v) is 9.62. The zero-order valence-corrected chi connectivity index (χ0v) is 16.9. The van der Waals surface area contributed by atoms with Crippen molar-refractivity contribution in [3.05, 3.63) is 64.0 Å². The molecule has 2 aromatic heterocycles. The maximum Gasteiger partial charge on any atom is 0.347 e. The monoisotopic (exact) mass is 453 g/mol. The van der Waals surface area contributed by atoms with Gasteiger partial charge in [0, 0.05) is 33.7 Å². The lowest BCUT2D eigenvalue weighted by molar-refractivity contribution is 0.0524. The summed E-state index contributed by atoms with van der Waals surface area (Å²) in [5, 5.41) is 13.7. The van der Waals surface area contributed by atoms with Gasteiger partial charge in [-0.1, -0.05) is 15.9 Å². The number of anilines is 2. The number of aliphatic imine (C=N–C) groups is 1. The molecule has 0 spiro atoms. The lowest BCUT2D eigenvalue weighted by Crippen LogP contribution is -2.06. The number of pyridine rings is 1. The van der Waals surface area contributed by atoms with Gasteiger partial charge in [0.15, 0.2) is 22.9 Å². The summed E-state index contributed by atoms with van der Waals surface area (Å²) in [5.74, 6) is -0.188. The molecule has 8 heteroatoms. The molecule has 1 aromatic carbocycles. The topological polar surface area (TPSA) is 97.0 Å². The molecule has 0 bridgehead atoms. The van der Waals surface area contributed by atoms with E-state index in [0.717, 1.165) is 10.0 Å². The van der Waals surface area contributed by atoms with E-state index in [4.69, 9.17) is 9.15 Å². The highest BCUT2D eigenvalue weighted by molar-refractivity contribution is 9.10. The van der Waals surface area contributed by atoms with Crippen molar-refractivity contribution in [1.82, 2.24) is 4.98 Å². The first-order chi connectivity index (χ1) is 14.1. The molecule has 2 N–H and O–H groups in total. The van der Waals surface area contributed by atoms with Gasteiger partial charge in [-0.2, -0.15) is 0 Å². The number of fused-ring (bicyclic) bond motifs is 1. The number of esters is 1. The number of allylic oxidation sites excluding steroid dienone is 1. The third kappa shape index (κ3) is 3.79. The minimum absolute atomic E-state index is 0.0667.